The molecule has 34 nitrogen and oxygen atoms in total. The predicted octanol–water partition coefficient (Wildman–Crippen LogP) is 6.36. The Hall–Kier alpha value is -5.02. The van der Waals surface area contributed by atoms with E-state index < -0.39 is 15.5 Å². The molecule has 35 heteroatoms. The number of hydrogen-bond donors (Lipinski definition) is 4. The number of unbranched alkanes of at least 4 members (excludes halogenated alkanes) is 4. The molecule has 2 aliphatic heterocycles. The first-order valence-corrected chi connectivity index (χ1v) is 44.4. The van der Waals surface area contributed by atoms with Gasteiger partial charge in [0.2, 0.25) is 17.5 Å². The van der Waals surface area contributed by atoms with Crippen LogP contribution in [0.5, 0.6) is 0 Å². The maximum atomic E-state index is 12.7. The maximum Gasteiger partial charge on any atom is 0.294 e. The average Bonchev–Trinajstić information content (AvgIpc) is 1.59. The smallest absolute Gasteiger partial charge is 0.294 e. The number of amides is 2. The second-order valence-electron chi connectivity index (χ2n) is 28.5. The number of carbonyl (C=O) groups is 2. The second-order valence-corrected chi connectivity index (χ2v) is 29.9. The maximum absolute atomic E-state index is 12.7. The molecule has 4 rings (SSSR count). The number of anilines is 1. The summed E-state index contributed by atoms with van der Waals surface area (Å²) in [6.45, 7) is 32.8. The fourth-order valence-corrected chi connectivity index (χ4v) is 12.8. The van der Waals surface area contributed by atoms with Crippen LogP contribution >= 0.6 is 0 Å². The highest BCUT2D eigenvalue weighted by molar-refractivity contribution is 7.85. The van der Waals surface area contributed by atoms with E-state index in [9.17, 15) is 22.6 Å². The van der Waals surface area contributed by atoms with E-state index in [1.54, 1.807) is 19.2 Å². The molecule has 2 aromatic rings. The second kappa shape index (κ2) is 74.1. The Balaban J connectivity index is 0.804. The Bertz CT molecular complexity index is 3120. The lowest BCUT2D eigenvalue weighted by atomic mass is 9.81. The molecule has 0 atom stereocenters. The first kappa shape index (κ1) is 108. The van der Waals surface area contributed by atoms with E-state index in [1.807, 2.05) is 12.2 Å². The standard InChI is InChI=1S/C86H147N5O29S/c1-85(2)77-17-13-14-18-79(77)90(26-16-8-12-22-84(93)89-87)81(85)19-9-6-10-20-82-86(3,4)78-75-76(121(94,95)96)23-24-80(78)91(82)27-15-7-11-21-83(92)88-25-28-98-31-32-100-35-36-102-39-40-104-43-44-106-47-48-108-51-52-110-55-56-112-59-60-114-63-64-116-67-68-118-71-72-120-74-73-119-70-69-117-66-65-115-62-61-113-58-57-111-54-53-109-50-49-107-46-45-105-42-41-103-38-37-101-34-33-99-30-29-97-5/h6,9-10,13-14,17-20,23-24,75H,7-8,11-12,15-16,21-22,25-74,87H2,1-5H3,(H2-,88,89,92,93,94,95,96)/p+1. The van der Waals surface area contributed by atoms with Crippen LogP contribution in [0.25, 0.3) is 0 Å². The minimum atomic E-state index is -4.42. The number of allylic oxidation sites excluding steroid dienone is 6. The van der Waals surface area contributed by atoms with Gasteiger partial charge in [-0.05, 0) is 69.4 Å². The van der Waals surface area contributed by atoms with Crippen molar-refractivity contribution < 1.29 is 141 Å². The normalized spacial score (nSPS) is 14.1. The lowest BCUT2D eigenvalue weighted by Gasteiger charge is -2.27. The summed E-state index contributed by atoms with van der Waals surface area (Å²) in [4.78, 5) is 26.5. The summed E-state index contributed by atoms with van der Waals surface area (Å²) in [6.07, 6.45) is 16.0. The topological polar surface area (TPSA) is 366 Å². The van der Waals surface area contributed by atoms with Crippen molar-refractivity contribution in [3.8, 4) is 0 Å². The quantitative estimate of drug-likeness (QED) is 0.0106. The number of rotatable bonds is 88. The van der Waals surface area contributed by atoms with E-state index in [-0.39, 0.29) is 22.1 Å². The van der Waals surface area contributed by atoms with E-state index in [0.29, 0.717) is 343 Å². The highest BCUT2D eigenvalue weighted by Crippen LogP contribution is 2.49. The summed E-state index contributed by atoms with van der Waals surface area (Å²) >= 11 is 0. The highest BCUT2D eigenvalue weighted by atomic mass is 32.2. The zero-order valence-corrected chi connectivity index (χ0v) is 74.0. The molecule has 2 aliphatic rings. The van der Waals surface area contributed by atoms with Gasteiger partial charge in [0.25, 0.3) is 10.1 Å². The zero-order valence-electron chi connectivity index (χ0n) is 73.2. The van der Waals surface area contributed by atoms with Crippen LogP contribution < -0.4 is 21.5 Å². The summed E-state index contributed by atoms with van der Waals surface area (Å²) in [7, 11) is -2.78. The molecule has 0 unspecified atom stereocenters. The van der Waals surface area contributed by atoms with Gasteiger partial charge >= 0.3 is 0 Å². The number of carbonyl (C=O) groups excluding carboxylic acids is 2. The minimum absolute atomic E-state index is 0.0399. The van der Waals surface area contributed by atoms with Crippen LogP contribution in [0.4, 0.5) is 11.4 Å². The van der Waals surface area contributed by atoms with E-state index in [4.69, 9.17) is 120 Å². The van der Waals surface area contributed by atoms with E-state index in [2.05, 4.69) is 90.4 Å². The molecule has 5 N–H and O–H groups in total. The van der Waals surface area contributed by atoms with Crippen LogP contribution in [0.3, 0.4) is 0 Å². The van der Waals surface area contributed by atoms with Crippen LogP contribution in [0.15, 0.2) is 83.4 Å². The summed E-state index contributed by atoms with van der Waals surface area (Å²) in [5.41, 5.74) is 7.70. The Morgan fingerprint density at radius 1 is 0.397 bits per heavy atom. The molecule has 2 amide bonds. The van der Waals surface area contributed by atoms with Gasteiger partial charge in [0.15, 0.2) is 5.71 Å². The predicted molar refractivity (Wildman–Crippen MR) is 455 cm³/mol. The lowest BCUT2D eigenvalue weighted by molar-refractivity contribution is -0.438. The molecule has 0 aliphatic carbocycles. The fraction of sp³-hybridized carbons (Fsp3) is 0.756. The van der Waals surface area contributed by atoms with Crippen LogP contribution in [-0.4, -0.2) is 372 Å². The molecule has 0 bridgehead atoms. The molecule has 696 valence electrons. The van der Waals surface area contributed by atoms with Crippen molar-refractivity contribution in [2.75, 3.05) is 342 Å². The van der Waals surface area contributed by atoms with E-state index >= 15 is 0 Å². The Kier molecular flexibility index (Phi) is 66.3. The van der Waals surface area contributed by atoms with E-state index in [1.165, 1.54) is 23.0 Å². The van der Waals surface area contributed by atoms with Crippen LogP contribution in [-0.2, 0) is 144 Å². The molecule has 2 aromatic carbocycles. The van der Waals surface area contributed by atoms with Gasteiger partial charge < -0.3 is 124 Å². The molecule has 2 heterocycles. The molecular formula is C86H148N5O29S+. The fourth-order valence-electron chi connectivity index (χ4n) is 12.3. The van der Waals surface area contributed by atoms with Gasteiger partial charge in [0.05, 0.1) is 321 Å². The number of methoxy groups -OCH3 is 1. The summed E-state index contributed by atoms with van der Waals surface area (Å²) < 4.78 is 169. The Labute approximate surface area is 719 Å². The third-order valence-corrected chi connectivity index (χ3v) is 19.5. The van der Waals surface area contributed by atoms with Gasteiger partial charge in [-0.25, -0.2) is 5.84 Å². The van der Waals surface area contributed by atoms with Crippen molar-refractivity contribution >= 4 is 39.0 Å². The number of nitrogens with zero attached hydrogens (tertiary/aromatic N) is 2. The molecule has 0 spiro atoms. The zero-order chi connectivity index (χ0) is 86.7. The van der Waals surface area contributed by atoms with Crippen molar-refractivity contribution in [3.63, 3.8) is 0 Å². The molecule has 0 fully saturated rings. The van der Waals surface area contributed by atoms with Gasteiger partial charge in [-0.15, -0.1) is 0 Å². The van der Waals surface area contributed by atoms with Crippen LogP contribution in [0.1, 0.15) is 90.2 Å². The molecule has 121 heavy (non-hydrogen) atoms. The number of ether oxygens (including phenoxy) is 24. The van der Waals surface area contributed by atoms with Gasteiger partial charge in [-0.1, -0.05) is 56.7 Å². The SMILES string of the molecule is COCCOCCOCCOCCOCCOCCOCCOCCOCCOCCOCCOCCOCCOCCOCCOCCOCCOCCOCCOCCOCCOCCOCCOCCNC(=O)CCCCCN1C(=CC=CC=CC2=[N+](CCCCCC(=O)NN)c3ccccc3C2(C)C)C(C)(C)c2cc(S(=O)(=O)O)ccc21. The van der Waals surface area contributed by atoms with Gasteiger partial charge in [-0.3, -0.25) is 19.6 Å². The summed E-state index contributed by atoms with van der Waals surface area (Å²) in [6, 6.07) is 13.3. The third kappa shape index (κ3) is 53.9. The van der Waals surface area contributed by atoms with Gasteiger partial charge in [0, 0.05) is 74.0 Å². The number of hydrazine groups is 1. The number of para-hydroxylation sites is 1. The third-order valence-electron chi connectivity index (χ3n) is 18.6. The number of benzene rings is 2. The lowest BCUT2D eigenvalue weighted by Crippen LogP contribution is -2.29. The molecule has 0 saturated heterocycles. The van der Waals surface area contributed by atoms with Gasteiger partial charge in [0.1, 0.15) is 6.54 Å². The Morgan fingerprint density at radius 3 is 1.07 bits per heavy atom. The van der Waals surface area contributed by atoms with E-state index in [0.717, 1.165) is 55.6 Å². The van der Waals surface area contributed by atoms with Crippen molar-refractivity contribution in [2.24, 2.45) is 5.84 Å². The van der Waals surface area contributed by atoms with Crippen molar-refractivity contribution in [3.05, 3.63) is 89.7 Å². The first-order valence-electron chi connectivity index (χ1n) is 43.0. The average molecular weight is 1750 g/mol. The number of nitrogens with two attached hydrogens (primary N) is 1. The number of hydrogen-bond acceptors (Lipinski definition) is 30. The first-order chi connectivity index (χ1) is 59.2. The Morgan fingerprint density at radius 2 is 0.727 bits per heavy atom. The van der Waals surface area contributed by atoms with Crippen LogP contribution in [0.2, 0.25) is 0 Å². The van der Waals surface area contributed by atoms with Crippen molar-refractivity contribution in [1.29, 1.82) is 0 Å². The summed E-state index contributed by atoms with van der Waals surface area (Å²) in [5, 5.41) is 2.94. The molecule has 0 aromatic heterocycles. The van der Waals surface area contributed by atoms with Gasteiger partial charge in [-0.2, -0.15) is 13.0 Å². The monoisotopic (exact) mass is 1750 g/mol. The largest absolute Gasteiger partial charge is 0.382 e. The highest BCUT2D eigenvalue weighted by Gasteiger charge is 2.44. The van der Waals surface area contributed by atoms with Crippen LogP contribution in [0, 0.1) is 0 Å². The molecule has 0 radical (unpaired) electrons. The van der Waals surface area contributed by atoms with Crippen molar-refractivity contribution in [1.82, 2.24) is 10.7 Å². The molecule has 0 saturated carbocycles. The molecular weight excluding hydrogens is 1600 g/mol. The number of fused-ring (bicyclic) bond motifs is 2. The van der Waals surface area contributed by atoms with Crippen molar-refractivity contribution in [2.45, 2.75) is 94.8 Å². The minimum Gasteiger partial charge on any atom is -0.382 e. The summed E-state index contributed by atoms with van der Waals surface area (Å²) in [5.74, 6) is 5.08. The number of nitrogens with one attached hydrogen (secondary N) is 2.